The van der Waals surface area contributed by atoms with Gasteiger partial charge in [0, 0.05) is 0 Å². The van der Waals surface area contributed by atoms with E-state index in [1.54, 1.807) is 12.1 Å². The van der Waals surface area contributed by atoms with Gasteiger partial charge in [-0.25, -0.2) is 0 Å². The molecule has 0 spiro atoms. The number of phenolic OH excluding ortho intramolecular Hbond substituents is 2. The molecule has 17 heavy (non-hydrogen) atoms. The van der Waals surface area contributed by atoms with Crippen LogP contribution >= 0.6 is 53.8 Å². The Morgan fingerprint density at radius 2 is 1.18 bits per heavy atom. The van der Waals surface area contributed by atoms with Gasteiger partial charge < -0.3 is 10.2 Å². The van der Waals surface area contributed by atoms with Gasteiger partial charge in [-0.1, -0.05) is 20.7 Å². The van der Waals surface area contributed by atoms with Crippen LogP contribution in [0, 0.1) is 7.14 Å². The first-order valence-electron chi connectivity index (χ1n) is 4.80. The van der Waals surface area contributed by atoms with Gasteiger partial charge in [0.05, 0.1) is 7.14 Å². The molecule has 0 saturated heterocycles. The lowest BCUT2D eigenvalue weighted by Crippen LogP contribution is -2.04. The van der Waals surface area contributed by atoms with Crippen LogP contribution in [0.4, 0.5) is 0 Å². The lowest BCUT2D eigenvalue weighted by Gasteiger charge is -2.05. The Morgan fingerprint density at radius 1 is 0.765 bits per heavy atom. The fourth-order valence-corrected chi connectivity index (χ4v) is 4.05. The van der Waals surface area contributed by atoms with Gasteiger partial charge in [-0.15, -0.1) is 0 Å². The van der Waals surface area contributed by atoms with Crippen LogP contribution in [0.15, 0.2) is 36.4 Å². The van der Waals surface area contributed by atoms with Gasteiger partial charge in [-0.3, -0.25) is 0 Å². The number of aromatic hydroxyl groups is 2. The van der Waals surface area contributed by atoms with Gasteiger partial charge in [0.25, 0.3) is 0 Å². The molecular formula is C12H9I2O2P. The van der Waals surface area contributed by atoms with Crippen molar-refractivity contribution < 1.29 is 10.2 Å². The van der Waals surface area contributed by atoms with E-state index >= 15 is 0 Å². The van der Waals surface area contributed by atoms with Gasteiger partial charge in [-0.2, -0.15) is 0 Å². The van der Waals surface area contributed by atoms with Crippen LogP contribution in [0.1, 0.15) is 0 Å². The summed E-state index contributed by atoms with van der Waals surface area (Å²) in [7, 11) is 0.530. The SMILES string of the molecule is Oc1ccc(Pc2ccc(O)c(I)c2)cc1I. The molecule has 0 fully saturated rings. The van der Waals surface area contributed by atoms with Crippen molar-refractivity contribution in [1.29, 1.82) is 0 Å². The third kappa shape index (κ3) is 3.45. The Hall–Kier alpha value is -0.0700. The van der Waals surface area contributed by atoms with Crippen molar-refractivity contribution in [3.63, 3.8) is 0 Å². The van der Waals surface area contributed by atoms with Crippen LogP contribution in [0.2, 0.25) is 0 Å². The number of benzene rings is 2. The molecule has 0 aliphatic carbocycles. The van der Waals surface area contributed by atoms with Crippen molar-refractivity contribution in [2.45, 2.75) is 0 Å². The highest BCUT2D eigenvalue weighted by molar-refractivity contribution is 14.1. The number of halogens is 2. The second-order valence-corrected chi connectivity index (χ2v) is 7.19. The van der Waals surface area contributed by atoms with E-state index in [4.69, 9.17) is 0 Å². The molecule has 0 aliphatic heterocycles. The highest BCUT2D eigenvalue weighted by Gasteiger charge is 2.03. The molecule has 0 heterocycles. The monoisotopic (exact) mass is 470 g/mol. The normalized spacial score (nSPS) is 10.5. The predicted octanol–water partition coefficient (Wildman–Crippen LogP) is 2.94. The summed E-state index contributed by atoms with van der Waals surface area (Å²) in [6, 6.07) is 11.2. The predicted molar refractivity (Wildman–Crippen MR) is 89.2 cm³/mol. The number of rotatable bonds is 2. The number of phenols is 2. The van der Waals surface area contributed by atoms with E-state index in [-0.39, 0.29) is 0 Å². The van der Waals surface area contributed by atoms with Crippen LogP contribution in [0.5, 0.6) is 11.5 Å². The zero-order valence-corrected chi connectivity index (χ0v) is 13.9. The number of hydrogen-bond acceptors (Lipinski definition) is 2. The molecule has 0 bridgehead atoms. The molecule has 2 aromatic carbocycles. The summed E-state index contributed by atoms with van der Waals surface area (Å²) in [6.45, 7) is 0. The van der Waals surface area contributed by atoms with Crippen molar-refractivity contribution in [2.24, 2.45) is 0 Å². The maximum Gasteiger partial charge on any atom is 0.128 e. The van der Waals surface area contributed by atoms with Crippen molar-refractivity contribution in [3.05, 3.63) is 43.5 Å². The van der Waals surface area contributed by atoms with E-state index in [0.717, 1.165) is 7.14 Å². The first kappa shape index (κ1) is 13.4. The highest BCUT2D eigenvalue weighted by atomic mass is 127. The summed E-state index contributed by atoms with van der Waals surface area (Å²) in [5, 5.41) is 21.3. The Balaban J connectivity index is 2.25. The van der Waals surface area contributed by atoms with Gasteiger partial charge in [0.2, 0.25) is 0 Å². The van der Waals surface area contributed by atoms with Gasteiger partial charge in [0.1, 0.15) is 11.5 Å². The fraction of sp³-hybridized carbons (Fsp3) is 0. The van der Waals surface area contributed by atoms with E-state index < -0.39 is 0 Å². The minimum atomic E-state index is 0.319. The lowest BCUT2D eigenvalue weighted by atomic mass is 10.3. The molecule has 2 aromatic rings. The molecule has 0 atom stereocenters. The summed E-state index contributed by atoms with van der Waals surface area (Å²) < 4.78 is 1.72. The van der Waals surface area contributed by atoms with Gasteiger partial charge in [-0.05, 0) is 80.1 Å². The second kappa shape index (κ2) is 5.71. The zero-order chi connectivity index (χ0) is 12.4. The summed E-state index contributed by atoms with van der Waals surface area (Å²) in [4.78, 5) is 0. The molecule has 5 heteroatoms. The highest BCUT2D eigenvalue weighted by Crippen LogP contribution is 2.23. The Bertz CT molecular complexity index is 509. The van der Waals surface area contributed by atoms with E-state index in [0.29, 0.717) is 20.1 Å². The molecule has 0 aromatic heterocycles. The molecular weight excluding hydrogens is 461 g/mol. The quantitative estimate of drug-likeness (QED) is 0.524. The van der Waals surface area contributed by atoms with E-state index in [1.165, 1.54) is 10.6 Å². The summed E-state index contributed by atoms with van der Waals surface area (Å²) in [5.74, 6) is 0.638. The zero-order valence-electron chi connectivity index (χ0n) is 8.61. The minimum absolute atomic E-state index is 0.319. The van der Waals surface area contributed by atoms with Gasteiger partial charge >= 0.3 is 0 Å². The van der Waals surface area contributed by atoms with Gasteiger partial charge in [0.15, 0.2) is 0 Å². The molecule has 2 nitrogen and oxygen atoms in total. The van der Waals surface area contributed by atoms with E-state index in [9.17, 15) is 10.2 Å². The molecule has 0 unspecified atom stereocenters. The summed E-state index contributed by atoms with van der Waals surface area (Å²) in [5.41, 5.74) is 0. The van der Waals surface area contributed by atoms with Crippen LogP contribution in [-0.2, 0) is 0 Å². The van der Waals surface area contributed by atoms with E-state index in [2.05, 4.69) is 45.2 Å². The standard InChI is InChI=1S/C12H9I2O2P/c13-9-5-7(1-3-11(9)15)17-8-2-4-12(16)10(14)6-8/h1-6,15-17H. The Kier molecular flexibility index (Phi) is 4.49. The molecule has 2 rings (SSSR count). The largest absolute Gasteiger partial charge is 0.507 e. The van der Waals surface area contributed by atoms with Crippen molar-refractivity contribution in [2.75, 3.05) is 0 Å². The first-order valence-corrected chi connectivity index (χ1v) is 7.96. The second-order valence-electron chi connectivity index (χ2n) is 3.46. The molecule has 2 N–H and O–H groups in total. The summed E-state index contributed by atoms with van der Waals surface area (Å²) in [6.07, 6.45) is 0. The third-order valence-electron chi connectivity index (χ3n) is 2.18. The van der Waals surface area contributed by atoms with Crippen molar-refractivity contribution >= 4 is 64.4 Å². The molecule has 0 amide bonds. The number of hydrogen-bond donors (Lipinski definition) is 2. The maximum absolute atomic E-state index is 9.45. The van der Waals surface area contributed by atoms with Crippen LogP contribution in [-0.4, -0.2) is 10.2 Å². The molecule has 0 saturated carbocycles. The molecule has 0 radical (unpaired) electrons. The smallest absolute Gasteiger partial charge is 0.128 e. The van der Waals surface area contributed by atoms with E-state index in [1.807, 2.05) is 24.3 Å². The maximum atomic E-state index is 9.45. The third-order valence-corrected chi connectivity index (χ3v) is 5.11. The molecule has 0 aliphatic rings. The van der Waals surface area contributed by atoms with Crippen LogP contribution in [0.25, 0.3) is 0 Å². The van der Waals surface area contributed by atoms with Crippen molar-refractivity contribution in [3.8, 4) is 11.5 Å². The topological polar surface area (TPSA) is 40.5 Å². The van der Waals surface area contributed by atoms with Crippen LogP contribution in [0.3, 0.4) is 0 Å². The Morgan fingerprint density at radius 3 is 1.53 bits per heavy atom. The van der Waals surface area contributed by atoms with Crippen LogP contribution < -0.4 is 10.6 Å². The first-order chi connectivity index (χ1) is 8.06. The van der Waals surface area contributed by atoms with Crippen molar-refractivity contribution in [1.82, 2.24) is 0 Å². The summed E-state index contributed by atoms with van der Waals surface area (Å²) >= 11 is 4.24. The minimum Gasteiger partial charge on any atom is -0.507 e. The average molecular weight is 470 g/mol. The molecule has 88 valence electrons. The fourth-order valence-electron chi connectivity index (χ4n) is 1.34. The Labute approximate surface area is 129 Å². The lowest BCUT2D eigenvalue weighted by molar-refractivity contribution is 0.471. The average Bonchev–Trinajstić information content (AvgIpc) is 2.29.